The Morgan fingerprint density at radius 3 is 2.42 bits per heavy atom. The third-order valence-corrected chi connectivity index (χ3v) is 3.84. The van der Waals surface area contributed by atoms with E-state index in [0.29, 0.717) is 30.6 Å². The number of ether oxygens (including phenoxy) is 2. The fourth-order valence-corrected chi connectivity index (χ4v) is 2.63. The van der Waals surface area contributed by atoms with Crippen molar-refractivity contribution in [3.8, 4) is 11.5 Å². The van der Waals surface area contributed by atoms with Crippen LogP contribution in [-0.4, -0.2) is 19.1 Å². The van der Waals surface area contributed by atoms with Crippen molar-refractivity contribution in [3.63, 3.8) is 0 Å². The minimum Gasteiger partial charge on any atom is -0.490 e. The van der Waals surface area contributed by atoms with Gasteiger partial charge in [0, 0.05) is 11.8 Å². The molecule has 0 saturated carbocycles. The standard InChI is InChI=1S/C22H27NO3/c1-5-25-20-13-11-17(15-21(20)26-6-2)12-14-22(24)23-19-10-8-7-9-18(19)16(3)4/h7-16H,5-6H2,1-4H3,(H,23,24)/b14-12+. The van der Waals surface area contributed by atoms with E-state index < -0.39 is 0 Å². The summed E-state index contributed by atoms with van der Waals surface area (Å²) < 4.78 is 11.2. The first-order chi connectivity index (χ1) is 12.5. The number of carbonyl (C=O) groups excluding carboxylic acids is 1. The van der Waals surface area contributed by atoms with Gasteiger partial charge in [-0.25, -0.2) is 0 Å². The third-order valence-electron chi connectivity index (χ3n) is 3.84. The van der Waals surface area contributed by atoms with Gasteiger partial charge in [-0.3, -0.25) is 4.79 Å². The number of hydrogen-bond donors (Lipinski definition) is 1. The lowest BCUT2D eigenvalue weighted by Crippen LogP contribution is -2.10. The van der Waals surface area contributed by atoms with Crippen LogP contribution in [0, 0.1) is 0 Å². The van der Waals surface area contributed by atoms with Crippen LogP contribution in [-0.2, 0) is 4.79 Å². The molecule has 0 spiro atoms. The highest BCUT2D eigenvalue weighted by atomic mass is 16.5. The molecule has 0 aromatic heterocycles. The molecule has 0 unspecified atom stereocenters. The van der Waals surface area contributed by atoms with E-state index in [1.165, 1.54) is 6.08 Å². The molecule has 0 radical (unpaired) electrons. The first kappa shape index (κ1) is 19.6. The van der Waals surface area contributed by atoms with Crippen LogP contribution in [0.1, 0.15) is 44.7 Å². The molecule has 0 bridgehead atoms. The maximum atomic E-state index is 12.3. The van der Waals surface area contributed by atoms with E-state index in [9.17, 15) is 4.79 Å². The molecule has 26 heavy (non-hydrogen) atoms. The first-order valence-electron chi connectivity index (χ1n) is 9.02. The van der Waals surface area contributed by atoms with Gasteiger partial charge in [0.15, 0.2) is 11.5 Å². The van der Waals surface area contributed by atoms with Crippen molar-refractivity contribution in [1.82, 2.24) is 0 Å². The van der Waals surface area contributed by atoms with Crippen LogP contribution in [0.15, 0.2) is 48.5 Å². The molecule has 2 aromatic rings. The van der Waals surface area contributed by atoms with Crippen molar-refractivity contribution >= 4 is 17.7 Å². The average molecular weight is 353 g/mol. The molecule has 0 saturated heterocycles. The fourth-order valence-electron chi connectivity index (χ4n) is 2.63. The summed E-state index contributed by atoms with van der Waals surface area (Å²) >= 11 is 0. The van der Waals surface area contributed by atoms with Gasteiger partial charge >= 0.3 is 0 Å². The van der Waals surface area contributed by atoms with Crippen molar-refractivity contribution in [2.45, 2.75) is 33.6 Å². The van der Waals surface area contributed by atoms with E-state index in [0.717, 1.165) is 16.8 Å². The smallest absolute Gasteiger partial charge is 0.248 e. The lowest BCUT2D eigenvalue weighted by Gasteiger charge is -2.12. The summed E-state index contributed by atoms with van der Waals surface area (Å²) in [6.45, 7) is 9.21. The highest BCUT2D eigenvalue weighted by Crippen LogP contribution is 2.29. The molecule has 4 nitrogen and oxygen atoms in total. The van der Waals surface area contributed by atoms with Crippen LogP contribution in [0.4, 0.5) is 5.69 Å². The maximum absolute atomic E-state index is 12.3. The van der Waals surface area contributed by atoms with E-state index in [4.69, 9.17) is 9.47 Å². The molecule has 138 valence electrons. The molecule has 0 aliphatic heterocycles. The highest BCUT2D eigenvalue weighted by molar-refractivity contribution is 6.02. The first-order valence-corrected chi connectivity index (χ1v) is 9.02. The Kier molecular flexibility index (Phi) is 7.27. The van der Waals surface area contributed by atoms with Gasteiger partial charge in [0.05, 0.1) is 13.2 Å². The second-order valence-electron chi connectivity index (χ2n) is 6.14. The van der Waals surface area contributed by atoms with Gasteiger partial charge in [0.2, 0.25) is 5.91 Å². The van der Waals surface area contributed by atoms with Crippen LogP contribution in [0.5, 0.6) is 11.5 Å². The molecule has 0 aliphatic carbocycles. The second-order valence-corrected chi connectivity index (χ2v) is 6.14. The quantitative estimate of drug-likeness (QED) is 0.659. The van der Waals surface area contributed by atoms with E-state index in [1.54, 1.807) is 6.08 Å². The Hall–Kier alpha value is -2.75. The summed E-state index contributed by atoms with van der Waals surface area (Å²) in [5, 5.41) is 2.95. The molecule has 1 N–H and O–H groups in total. The number of anilines is 1. The maximum Gasteiger partial charge on any atom is 0.248 e. The average Bonchev–Trinajstić information content (AvgIpc) is 2.62. The van der Waals surface area contributed by atoms with Gasteiger partial charge in [0.1, 0.15) is 0 Å². The summed E-state index contributed by atoms with van der Waals surface area (Å²) in [4.78, 5) is 12.3. The van der Waals surface area contributed by atoms with Crippen molar-refractivity contribution in [3.05, 3.63) is 59.7 Å². The second kappa shape index (κ2) is 9.66. The van der Waals surface area contributed by atoms with E-state index in [1.807, 2.05) is 56.3 Å². The zero-order valence-electron chi connectivity index (χ0n) is 15.9. The lowest BCUT2D eigenvalue weighted by atomic mass is 10.0. The fraction of sp³-hybridized carbons (Fsp3) is 0.318. The predicted molar refractivity (Wildman–Crippen MR) is 107 cm³/mol. The molecule has 2 aromatic carbocycles. The number of rotatable bonds is 8. The summed E-state index contributed by atoms with van der Waals surface area (Å²) in [5.74, 6) is 1.57. The van der Waals surface area contributed by atoms with Crippen molar-refractivity contribution in [1.29, 1.82) is 0 Å². The van der Waals surface area contributed by atoms with Crippen molar-refractivity contribution < 1.29 is 14.3 Å². The zero-order chi connectivity index (χ0) is 18.9. The highest BCUT2D eigenvalue weighted by Gasteiger charge is 2.08. The zero-order valence-corrected chi connectivity index (χ0v) is 15.9. The van der Waals surface area contributed by atoms with Crippen LogP contribution in [0.25, 0.3) is 6.08 Å². The molecule has 0 fully saturated rings. The minimum atomic E-state index is -0.162. The summed E-state index contributed by atoms with van der Waals surface area (Å²) in [6, 6.07) is 13.5. The van der Waals surface area contributed by atoms with E-state index >= 15 is 0 Å². The van der Waals surface area contributed by atoms with Crippen LogP contribution in [0.2, 0.25) is 0 Å². The Labute approximate surface area is 155 Å². The molecular weight excluding hydrogens is 326 g/mol. The summed E-state index contributed by atoms with van der Waals surface area (Å²) in [6.07, 6.45) is 3.30. The molecule has 0 heterocycles. The molecular formula is C22H27NO3. The molecule has 0 aliphatic rings. The lowest BCUT2D eigenvalue weighted by molar-refractivity contribution is -0.111. The van der Waals surface area contributed by atoms with E-state index in [2.05, 4.69) is 19.2 Å². The Morgan fingerprint density at radius 1 is 1.04 bits per heavy atom. The van der Waals surface area contributed by atoms with Gasteiger partial charge in [0.25, 0.3) is 0 Å². The normalized spacial score (nSPS) is 11.0. The predicted octanol–water partition coefficient (Wildman–Crippen LogP) is 5.26. The van der Waals surface area contributed by atoms with E-state index in [-0.39, 0.29) is 5.91 Å². The molecule has 0 atom stereocenters. The van der Waals surface area contributed by atoms with Gasteiger partial charge in [-0.2, -0.15) is 0 Å². The monoisotopic (exact) mass is 353 g/mol. The topological polar surface area (TPSA) is 47.6 Å². The Balaban J connectivity index is 2.12. The number of nitrogens with one attached hydrogen (secondary N) is 1. The number of amides is 1. The number of carbonyl (C=O) groups is 1. The summed E-state index contributed by atoms with van der Waals surface area (Å²) in [5.41, 5.74) is 2.84. The SMILES string of the molecule is CCOc1ccc(/C=C/C(=O)Nc2ccccc2C(C)C)cc1OCC. The van der Waals surface area contributed by atoms with Crippen LogP contribution in [0.3, 0.4) is 0 Å². The van der Waals surface area contributed by atoms with Gasteiger partial charge in [-0.1, -0.05) is 38.1 Å². The van der Waals surface area contributed by atoms with Crippen LogP contribution < -0.4 is 14.8 Å². The molecule has 4 heteroatoms. The minimum absolute atomic E-state index is 0.162. The van der Waals surface area contributed by atoms with Crippen molar-refractivity contribution in [2.24, 2.45) is 0 Å². The largest absolute Gasteiger partial charge is 0.490 e. The van der Waals surface area contributed by atoms with Crippen LogP contribution >= 0.6 is 0 Å². The molecule has 2 rings (SSSR count). The Bertz CT molecular complexity index is 766. The summed E-state index contributed by atoms with van der Waals surface area (Å²) in [7, 11) is 0. The number of hydrogen-bond acceptors (Lipinski definition) is 3. The van der Waals surface area contributed by atoms with Gasteiger partial charge in [-0.05, 0) is 55.2 Å². The Morgan fingerprint density at radius 2 is 1.73 bits per heavy atom. The third kappa shape index (κ3) is 5.38. The van der Waals surface area contributed by atoms with Gasteiger partial charge < -0.3 is 14.8 Å². The van der Waals surface area contributed by atoms with Crippen molar-refractivity contribution in [2.75, 3.05) is 18.5 Å². The van der Waals surface area contributed by atoms with Gasteiger partial charge in [-0.15, -0.1) is 0 Å². The number of benzene rings is 2. The number of para-hydroxylation sites is 1. The molecule has 1 amide bonds.